The van der Waals surface area contributed by atoms with Crippen LogP contribution in [0.4, 0.5) is 4.39 Å². The minimum atomic E-state index is -3.58. The predicted octanol–water partition coefficient (Wildman–Crippen LogP) is 1.74. The van der Waals surface area contributed by atoms with Gasteiger partial charge in [-0.15, -0.1) is 0 Å². The first-order chi connectivity index (χ1) is 10.0. The van der Waals surface area contributed by atoms with Crippen molar-refractivity contribution >= 4 is 10.0 Å². The number of benzene rings is 1. The highest BCUT2D eigenvalue weighted by Gasteiger charge is 2.41. The van der Waals surface area contributed by atoms with Gasteiger partial charge in [0.1, 0.15) is 5.82 Å². The Labute approximate surface area is 123 Å². The quantitative estimate of drug-likeness (QED) is 0.834. The zero-order valence-electron chi connectivity index (χ0n) is 11.6. The first-order valence-electron chi connectivity index (χ1n) is 7.06. The van der Waals surface area contributed by atoms with E-state index in [1.54, 1.807) is 0 Å². The molecule has 0 radical (unpaired) electrons. The van der Waals surface area contributed by atoms with Gasteiger partial charge in [0, 0.05) is 25.9 Å². The molecule has 0 amide bonds. The largest absolute Gasteiger partial charge is 0.350 e. The van der Waals surface area contributed by atoms with Crippen LogP contribution in [0.25, 0.3) is 0 Å². The average Bonchev–Trinajstić information content (AvgIpc) is 2.49. The van der Waals surface area contributed by atoms with Crippen LogP contribution in [0.2, 0.25) is 0 Å². The third-order valence-corrected chi connectivity index (χ3v) is 5.87. The fourth-order valence-electron chi connectivity index (χ4n) is 2.73. The number of hydrogen-bond donors (Lipinski definition) is 0. The van der Waals surface area contributed by atoms with E-state index >= 15 is 0 Å². The molecule has 0 atom stereocenters. The van der Waals surface area contributed by atoms with E-state index in [4.69, 9.17) is 9.47 Å². The summed E-state index contributed by atoms with van der Waals surface area (Å²) in [7, 11) is -3.58. The molecule has 2 saturated heterocycles. The summed E-state index contributed by atoms with van der Waals surface area (Å²) in [5.41, 5.74) is 0. The van der Waals surface area contributed by atoms with Crippen LogP contribution in [0.15, 0.2) is 29.2 Å². The van der Waals surface area contributed by atoms with Crippen LogP contribution in [0.3, 0.4) is 0 Å². The lowest BCUT2D eigenvalue weighted by Crippen LogP contribution is -2.51. The topological polar surface area (TPSA) is 55.8 Å². The molecule has 7 heteroatoms. The minimum Gasteiger partial charge on any atom is -0.350 e. The molecule has 21 heavy (non-hydrogen) atoms. The van der Waals surface area contributed by atoms with E-state index in [-0.39, 0.29) is 4.90 Å². The van der Waals surface area contributed by atoms with E-state index < -0.39 is 21.6 Å². The maximum absolute atomic E-state index is 12.9. The third-order valence-electron chi connectivity index (χ3n) is 3.95. The summed E-state index contributed by atoms with van der Waals surface area (Å²) in [6, 6.07) is 4.91. The Hall–Kier alpha value is -1.02. The molecular weight excluding hydrogens is 297 g/mol. The summed E-state index contributed by atoms with van der Waals surface area (Å²) in [6.07, 6.45) is 1.92. The summed E-state index contributed by atoms with van der Waals surface area (Å²) in [6.45, 7) is 2.01. The molecule has 2 heterocycles. The Balaban J connectivity index is 1.72. The third kappa shape index (κ3) is 2.96. The smallest absolute Gasteiger partial charge is 0.243 e. The van der Waals surface area contributed by atoms with Crippen molar-refractivity contribution in [1.29, 1.82) is 0 Å². The number of rotatable bonds is 2. The Kier molecular flexibility index (Phi) is 4.00. The minimum absolute atomic E-state index is 0.116. The van der Waals surface area contributed by atoms with Crippen LogP contribution >= 0.6 is 0 Å². The van der Waals surface area contributed by atoms with Crippen molar-refractivity contribution in [2.24, 2.45) is 0 Å². The van der Waals surface area contributed by atoms with Crippen LogP contribution in [-0.2, 0) is 19.5 Å². The molecule has 0 aliphatic carbocycles. The molecule has 0 unspecified atom stereocenters. The molecule has 0 saturated carbocycles. The molecular formula is C14H18FNO4S. The van der Waals surface area contributed by atoms with Crippen LogP contribution in [-0.4, -0.2) is 44.8 Å². The molecule has 3 rings (SSSR count). The number of ether oxygens (including phenoxy) is 2. The second-order valence-electron chi connectivity index (χ2n) is 5.32. The van der Waals surface area contributed by atoms with Crippen LogP contribution in [0.5, 0.6) is 0 Å². The van der Waals surface area contributed by atoms with Gasteiger partial charge in [0.15, 0.2) is 5.79 Å². The van der Waals surface area contributed by atoms with E-state index in [0.717, 1.165) is 18.6 Å². The molecule has 2 aliphatic heterocycles. The van der Waals surface area contributed by atoms with E-state index in [1.165, 1.54) is 16.4 Å². The number of sulfonamides is 1. The number of piperidine rings is 1. The molecule has 2 fully saturated rings. The van der Waals surface area contributed by atoms with E-state index in [2.05, 4.69) is 0 Å². The van der Waals surface area contributed by atoms with Crippen LogP contribution < -0.4 is 0 Å². The predicted molar refractivity (Wildman–Crippen MR) is 73.6 cm³/mol. The summed E-state index contributed by atoms with van der Waals surface area (Å²) in [4.78, 5) is 0.116. The van der Waals surface area contributed by atoms with E-state index in [9.17, 15) is 12.8 Å². The Bertz CT molecular complexity index is 586. The lowest BCUT2D eigenvalue weighted by molar-refractivity contribution is -0.280. The summed E-state index contributed by atoms with van der Waals surface area (Å²) >= 11 is 0. The lowest BCUT2D eigenvalue weighted by atomic mass is 10.0. The van der Waals surface area contributed by atoms with Gasteiger partial charge in [-0.2, -0.15) is 4.31 Å². The molecule has 5 nitrogen and oxygen atoms in total. The van der Waals surface area contributed by atoms with E-state index in [0.29, 0.717) is 39.1 Å². The molecule has 0 aromatic heterocycles. The van der Waals surface area contributed by atoms with Crippen molar-refractivity contribution in [3.8, 4) is 0 Å². The van der Waals surface area contributed by atoms with Crippen LogP contribution in [0.1, 0.15) is 19.3 Å². The van der Waals surface area contributed by atoms with Gasteiger partial charge < -0.3 is 9.47 Å². The second kappa shape index (κ2) is 5.64. The fourth-order valence-corrected chi connectivity index (χ4v) is 4.17. The maximum Gasteiger partial charge on any atom is 0.243 e. The Morgan fingerprint density at radius 1 is 1.05 bits per heavy atom. The highest BCUT2D eigenvalue weighted by molar-refractivity contribution is 7.89. The molecule has 116 valence electrons. The normalized spacial score (nSPS) is 23.3. The summed E-state index contributed by atoms with van der Waals surface area (Å²) in [5, 5.41) is 0. The van der Waals surface area contributed by atoms with Gasteiger partial charge in [-0.25, -0.2) is 12.8 Å². The molecule has 1 spiro atoms. The van der Waals surface area contributed by atoms with Crippen molar-refractivity contribution in [2.45, 2.75) is 29.9 Å². The Morgan fingerprint density at radius 3 is 2.19 bits per heavy atom. The Morgan fingerprint density at radius 2 is 1.62 bits per heavy atom. The van der Waals surface area contributed by atoms with Gasteiger partial charge in [0.25, 0.3) is 0 Å². The van der Waals surface area contributed by atoms with Gasteiger partial charge >= 0.3 is 0 Å². The highest BCUT2D eigenvalue weighted by Crippen LogP contribution is 2.32. The van der Waals surface area contributed by atoms with Crippen LogP contribution in [0, 0.1) is 5.82 Å². The average molecular weight is 315 g/mol. The highest BCUT2D eigenvalue weighted by atomic mass is 32.2. The fraction of sp³-hybridized carbons (Fsp3) is 0.571. The van der Waals surface area contributed by atoms with Crippen molar-refractivity contribution in [3.05, 3.63) is 30.1 Å². The first kappa shape index (κ1) is 14.9. The van der Waals surface area contributed by atoms with Gasteiger partial charge in [-0.05, 0) is 30.7 Å². The standard InChI is InChI=1S/C14H18FNO4S/c15-12-2-4-13(5-3-12)21(17,18)16-8-6-14(7-9-16)19-10-1-11-20-14/h2-5H,1,6-11H2. The van der Waals surface area contributed by atoms with Gasteiger partial charge in [-0.1, -0.05) is 0 Å². The summed E-state index contributed by atoms with van der Waals surface area (Å²) in [5.74, 6) is -1.07. The zero-order chi connectivity index (χ0) is 14.9. The maximum atomic E-state index is 12.9. The molecule has 1 aromatic rings. The van der Waals surface area contributed by atoms with Gasteiger partial charge in [0.05, 0.1) is 18.1 Å². The SMILES string of the molecule is O=S(=O)(c1ccc(F)cc1)N1CCC2(CC1)OCCCO2. The summed E-state index contributed by atoms with van der Waals surface area (Å²) < 4.78 is 50.7. The number of halogens is 1. The van der Waals surface area contributed by atoms with E-state index in [1.807, 2.05) is 0 Å². The number of hydrogen-bond acceptors (Lipinski definition) is 4. The monoisotopic (exact) mass is 315 g/mol. The zero-order valence-corrected chi connectivity index (χ0v) is 12.4. The first-order valence-corrected chi connectivity index (χ1v) is 8.50. The second-order valence-corrected chi connectivity index (χ2v) is 7.26. The van der Waals surface area contributed by atoms with Crippen molar-refractivity contribution in [2.75, 3.05) is 26.3 Å². The van der Waals surface area contributed by atoms with Gasteiger partial charge in [-0.3, -0.25) is 0 Å². The molecule has 2 aliphatic rings. The molecule has 1 aromatic carbocycles. The van der Waals surface area contributed by atoms with Gasteiger partial charge in [0.2, 0.25) is 10.0 Å². The van der Waals surface area contributed by atoms with Crippen molar-refractivity contribution in [3.63, 3.8) is 0 Å². The van der Waals surface area contributed by atoms with Crippen molar-refractivity contribution < 1.29 is 22.3 Å². The molecule has 0 bridgehead atoms. The van der Waals surface area contributed by atoms with Crippen molar-refractivity contribution in [1.82, 2.24) is 4.31 Å². The number of nitrogens with zero attached hydrogens (tertiary/aromatic N) is 1. The lowest BCUT2D eigenvalue weighted by Gasteiger charge is -2.42. The molecule has 0 N–H and O–H groups in total.